The quantitative estimate of drug-likeness (QED) is 0.690. The second-order valence-electron chi connectivity index (χ2n) is 5.44. The van der Waals surface area contributed by atoms with Crippen LogP contribution >= 0.6 is 0 Å². The van der Waals surface area contributed by atoms with E-state index < -0.39 is 0 Å². The first-order valence-electron chi connectivity index (χ1n) is 7.98. The molecule has 0 heterocycles. The minimum absolute atomic E-state index is 0.316. The minimum atomic E-state index is 0.316. The average Bonchev–Trinajstić information content (AvgIpc) is 2.54. The molecule has 0 aliphatic rings. The molecule has 0 aliphatic heterocycles. The maximum absolute atomic E-state index is 9.25. The largest absolute Gasteiger partial charge is 0.508 e. The summed E-state index contributed by atoms with van der Waals surface area (Å²) in [4.78, 5) is 0. The van der Waals surface area contributed by atoms with E-state index in [0.29, 0.717) is 5.75 Å². The van der Waals surface area contributed by atoms with Crippen LogP contribution in [0.25, 0.3) is 0 Å². The number of unbranched alkanes of at least 4 members (excludes halogenated alkanes) is 1. The highest BCUT2D eigenvalue weighted by Gasteiger charge is 1.98. The van der Waals surface area contributed by atoms with Gasteiger partial charge >= 0.3 is 0 Å². The summed E-state index contributed by atoms with van der Waals surface area (Å²) in [6.45, 7) is 4.70. The van der Waals surface area contributed by atoms with Crippen LogP contribution in [0, 0.1) is 0 Å². The van der Waals surface area contributed by atoms with Crippen LogP contribution in [0.5, 0.6) is 11.5 Å². The Morgan fingerprint density at radius 3 is 2.64 bits per heavy atom. The van der Waals surface area contributed by atoms with Gasteiger partial charge in [0.15, 0.2) is 0 Å². The van der Waals surface area contributed by atoms with Crippen LogP contribution in [0.2, 0.25) is 0 Å². The molecule has 118 valence electrons. The molecule has 0 unspecified atom stereocenters. The van der Waals surface area contributed by atoms with Gasteiger partial charge < -0.3 is 15.2 Å². The Morgan fingerprint density at radius 1 is 1.05 bits per heavy atom. The summed E-state index contributed by atoms with van der Waals surface area (Å²) in [5.41, 5.74) is 2.46. The lowest BCUT2D eigenvalue weighted by Gasteiger charge is -2.09. The van der Waals surface area contributed by atoms with Gasteiger partial charge in [-0.1, -0.05) is 37.6 Å². The highest BCUT2D eigenvalue weighted by molar-refractivity contribution is 5.28. The van der Waals surface area contributed by atoms with E-state index in [2.05, 4.69) is 24.4 Å². The van der Waals surface area contributed by atoms with Gasteiger partial charge in [-0.2, -0.15) is 0 Å². The molecule has 2 aromatic rings. The van der Waals surface area contributed by atoms with E-state index in [1.807, 2.05) is 24.3 Å². The molecule has 0 aliphatic carbocycles. The molecule has 0 spiro atoms. The van der Waals surface area contributed by atoms with Crippen molar-refractivity contribution in [1.29, 1.82) is 0 Å². The van der Waals surface area contributed by atoms with Crippen LogP contribution in [0.4, 0.5) is 0 Å². The van der Waals surface area contributed by atoms with Crippen molar-refractivity contribution in [3.05, 3.63) is 59.7 Å². The van der Waals surface area contributed by atoms with Crippen LogP contribution in [0.15, 0.2) is 48.5 Å². The summed E-state index contributed by atoms with van der Waals surface area (Å²) in [6.07, 6.45) is 3.20. The Balaban J connectivity index is 1.72. The molecule has 0 fully saturated rings. The fraction of sp³-hybridized carbons (Fsp3) is 0.368. The first-order valence-corrected chi connectivity index (χ1v) is 7.98. The van der Waals surface area contributed by atoms with Gasteiger partial charge in [-0.05, 0) is 54.8 Å². The maximum Gasteiger partial charge on any atom is 0.119 e. The monoisotopic (exact) mass is 299 g/mol. The second kappa shape index (κ2) is 9.11. The number of hydrogen-bond acceptors (Lipinski definition) is 3. The van der Waals surface area contributed by atoms with Crippen LogP contribution < -0.4 is 10.1 Å². The molecular weight excluding hydrogens is 274 g/mol. The number of aromatic hydroxyl groups is 1. The molecule has 0 saturated heterocycles. The molecule has 0 amide bonds. The van der Waals surface area contributed by atoms with E-state index in [1.54, 1.807) is 12.1 Å². The van der Waals surface area contributed by atoms with Crippen molar-refractivity contribution in [3.63, 3.8) is 0 Å². The number of ether oxygens (including phenoxy) is 1. The Hall–Kier alpha value is -2.00. The van der Waals surface area contributed by atoms with Crippen LogP contribution in [0.3, 0.4) is 0 Å². The predicted octanol–water partition coefficient (Wildman–Crippen LogP) is 3.90. The number of benzene rings is 2. The summed E-state index contributed by atoms with van der Waals surface area (Å²) in [5, 5.41) is 12.7. The van der Waals surface area contributed by atoms with Gasteiger partial charge in [0.2, 0.25) is 0 Å². The van der Waals surface area contributed by atoms with Crippen molar-refractivity contribution >= 4 is 0 Å². The van der Waals surface area contributed by atoms with Gasteiger partial charge in [-0.25, -0.2) is 0 Å². The van der Waals surface area contributed by atoms with Crippen molar-refractivity contribution < 1.29 is 9.84 Å². The van der Waals surface area contributed by atoms with E-state index in [4.69, 9.17) is 4.74 Å². The molecule has 0 saturated carbocycles. The molecule has 22 heavy (non-hydrogen) atoms. The summed E-state index contributed by atoms with van der Waals surface area (Å²) >= 11 is 0. The van der Waals surface area contributed by atoms with E-state index in [1.165, 1.54) is 11.1 Å². The third kappa shape index (κ3) is 5.78. The lowest BCUT2D eigenvalue weighted by atomic mass is 10.1. The van der Waals surface area contributed by atoms with E-state index in [-0.39, 0.29) is 0 Å². The number of nitrogens with one attached hydrogen (secondary N) is 1. The van der Waals surface area contributed by atoms with Crippen LogP contribution in [0.1, 0.15) is 30.9 Å². The van der Waals surface area contributed by atoms with Crippen LogP contribution in [-0.4, -0.2) is 18.3 Å². The summed E-state index contributed by atoms with van der Waals surface area (Å²) in [7, 11) is 0. The zero-order valence-electron chi connectivity index (χ0n) is 13.2. The molecule has 0 aromatic heterocycles. The highest BCUT2D eigenvalue weighted by Crippen LogP contribution is 2.14. The van der Waals surface area contributed by atoms with Crippen molar-refractivity contribution in [2.45, 2.75) is 32.7 Å². The zero-order valence-corrected chi connectivity index (χ0v) is 13.2. The van der Waals surface area contributed by atoms with Gasteiger partial charge in [-0.3, -0.25) is 0 Å². The number of hydrogen-bond donors (Lipinski definition) is 2. The molecule has 2 rings (SSSR count). The standard InChI is InChI=1S/C19H25NO2/c1-2-3-13-22-19-6-4-5-17(14-19)15-20-12-11-16-7-9-18(21)10-8-16/h4-10,14,20-21H,2-3,11-13,15H2,1H3. The lowest BCUT2D eigenvalue weighted by molar-refractivity contribution is 0.309. The second-order valence-corrected chi connectivity index (χ2v) is 5.44. The van der Waals surface area contributed by atoms with Gasteiger partial charge in [0.1, 0.15) is 11.5 Å². The predicted molar refractivity (Wildman–Crippen MR) is 90.4 cm³/mol. The van der Waals surface area contributed by atoms with Crippen molar-refractivity contribution in [2.75, 3.05) is 13.2 Å². The van der Waals surface area contributed by atoms with E-state index in [0.717, 1.165) is 44.7 Å². The zero-order chi connectivity index (χ0) is 15.6. The lowest BCUT2D eigenvalue weighted by Crippen LogP contribution is -2.16. The SMILES string of the molecule is CCCCOc1cccc(CNCCc2ccc(O)cc2)c1. The Kier molecular flexibility index (Phi) is 6.78. The molecule has 0 bridgehead atoms. The number of rotatable bonds is 9. The first-order chi connectivity index (χ1) is 10.8. The first kappa shape index (κ1) is 16.4. The Morgan fingerprint density at radius 2 is 1.86 bits per heavy atom. The Labute approximate surface area is 133 Å². The molecular formula is C19H25NO2. The molecule has 2 N–H and O–H groups in total. The third-order valence-electron chi connectivity index (χ3n) is 3.52. The minimum Gasteiger partial charge on any atom is -0.508 e. The van der Waals surface area contributed by atoms with Gasteiger partial charge in [0, 0.05) is 6.54 Å². The number of phenols is 1. The molecule has 0 atom stereocenters. The smallest absolute Gasteiger partial charge is 0.119 e. The molecule has 2 aromatic carbocycles. The van der Waals surface area contributed by atoms with Crippen molar-refractivity contribution in [3.8, 4) is 11.5 Å². The number of phenolic OH excluding ortho intramolecular Hbond substituents is 1. The molecule has 3 nitrogen and oxygen atoms in total. The summed E-state index contributed by atoms with van der Waals surface area (Å²) < 4.78 is 5.72. The fourth-order valence-electron chi connectivity index (χ4n) is 2.21. The highest BCUT2D eigenvalue weighted by atomic mass is 16.5. The van der Waals surface area contributed by atoms with Crippen molar-refractivity contribution in [1.82, 2.24) is 5.32 Å². The summed E-state index contributed by atoms with van der Waals surface area (Å²) in [6, 6.07) is 15.6. The van der Waals surface area contributed by atoms with Crippen molar-refractivity contribution in [2.24, 2.45) is 0 Å². The maximum atomic E-state index is 9.25. The topological polar surface area (TPSA) is 41.5 Å². The summed E-state index contributed by atoms with van der Waals surface area (Å²) in [5.74, 6) is 1.27. The normalized spacial score (nSPS) is 10.6. The average molecular weight is 299 g/mol. The van der Waals surface area contributed by atoms with E-state index in [9.17, 15) is 5.11 Å². The van der Waals surface area contributed by atoms with Gasteiger partial charge in [-0.15, -0.1) is 0 Å². The van der Waals surface area contributed by atoms with Crippen LogP contribution in [-0.2, 0) is 13.0 Å². The van der Waals surface area contributed by atoms with Gasteiger partial charge in [0.25, 0.3) is 0 Å². The third-order valence-corrected chi connectivity index (χ3v) is 3.52. The molecule has 3 heteroatoms. The van der Waals surface area contributed by atoms with E-state index >= 15 is 0 Å². The fourth-order valence-corrected chi connectivity index (χ4v) is 2.21. The van der Waals surface area contributed by atoms with Gasteiger partial charge in [0.05, 0.1) is 6.61 Å². The Bertz CT molecular complexity index is 552. The molecule has 0 radical (unpaired) electrons.